The van der Waals surface area contributed by atoms with E-state index >= 15 is 0 Å². The Morgan fingerprint density at radius 2 is 1.95 bits per heavy atom. The molecule has 0 radical (unpaired) electrons. The van der Waals surface area contributed by atoms with E-state index in [0.717, 1.165) is 12.0 Å². The molecule has 1 N–H and O–H groups in total. The molecular formula is C24H30ClN3O8S. The minimum absolute atomic E-state index is 0.0337. The molecule has 2 atom stereocenters. The molecule has 13 heteroatoms. The molecule has 1 amide bonds. The van der Waals surface area contributed by atoms with Gasteiger partial charge in [0.05, 0.1) is 23.8 Å². The highest BCUT2D eigenvalue weighted by molar-refractivity contribution is 7.81. The number of benzene rings is 1. The van der Waals surface area contributed by atoms with Gasteiger partial charge in [0, 0.05) is 31.3 Å². The highest BCUT2D eigenvalue weighted by Crippen LogP contribution is 2.36. The molecule has 2 fully saturated rings. The summed E-state index contributed by atoms with van der Waals surface area (Å²) in [5.41, 5.74) is 1.34. The number of nitrogens with zero attached hydrogens (tertiary/aromatic N) is 3. The summed E-state index contributed by atoms with van der Waals surface area (Å²) in [4.78, 5) is 21.6. The maximum atomic E-state index is 11.6. The maximum Gasteiger partial charge on any atom is 0.407 e. The van der Waals surface area contributed by atoms with Gasteiger partial charge in [-0.3, -0.25) is 0 Å². The molecule has 2 saturated heterocycles. The maximum absolute atomic E-state index is 11.6. The first-order chi connectivity index (χ1) is 17.5. The zero-order valence-electron chi connectivity index (χ0n) is 20.8. The lowest BCUT2D eigenvalue weighted by Crippen LogP contribution is -2.48. The zero-order chi connectivity index (χ0) is 26.7. The van der Waals surface area contributed by atoms with Crippen molar-refractivity contribution in [3.8, 4) is 17.5 Å². The van der Waals surface area contributed by atoms with Crippen LogP contribution in [-0.4, -0.2) is 66.4 Å². The second-order valence-corrected chi connectivity index (χ2v) is 11.3. The fourth-order valence-corrected chi connectivity index (χ4v) is 5.46. The molecule has 0 saturated carbocycles. The van der Waals surface area contributed by atoms with Gasteiger partial charge in [0.15, 0.2) is 0 Å². The summed E-state index contributed by atoms with van der Waals surface area (Å²) in [5, 5.41) is 9.86. The molecule has 2 aliphatic rings. The van der Waals surface area contributed by atoms with Gasteiger partial charge < -0.3 is 19.5 Å². The molecule has 37 heavy (non-hydrogen) atoms. The molecule has 2 unspecified atom stereocenters. The lowest BCUT2D eigenvalue weighted by atomic mass is 9.92. The summed E-state index contributed by atoms with van der Waals surface area (Å²) in [6.45, 7) is 6.25. The minimum atomic E-state index is -3.93. The first-order valence-electron chi connectivity index (χ1n) is 12.0. The highest BCUT2D eigenvalue weighted by atomic mass is 35.5. The van der Waals surface area contributed by atoms with Crippen molar-refractivity contribution in [1.82, 2.24) is 14.9 Å². The molecule has 1 aromatic carbocycles. The van der Waals surface area contributed by atoms with Gasteiger partial charge in [-0.2, -0.15) is 8.42 Å². The van der Waals surface area contributed by atoms with Crippen molar-refractivity contribution in [1.29, 1.82) is 0 Å². The van der Waals surface area contributed by atoms with Gasteiger partial charge in [-0.05, 0) is 37.0 Å². The topological polar surface area (TPSA) is 137 Å². The van der Waals surface area contributed by atoms with Gasteiger partial charge in [0.25, 0.3) is 0 Å². The summed E-state index contributed by atoms with van der Waals surface area (Å²) in [5.74, 6) is 1.07. The number of halogens is 1. The second-order valence-electron chi connectivity index (χ2n) is 9.60. The Balaban J connectivity index is 1.44. The lowest BCUT2D eigenvalue weighted by Gasteiger charge is -2.38. The molecule has 0 aliphatic carbocycles. The number of rotatable bonds is 7. The fourth-order valence-electron chi connectivity index (χ4n) is 4.50. The highest BCUT2D eigenvalue weighted by Gasteiger charge is 2.33. The SMILES string of the molecule is Cc1c(Oc2ccc(C3COS(=O)(=O)OC3)cc2Cl)ncnc1OC1CCN(C(=O)O)C(CC(C)C)C1. The van der Waals surface area contributed by atoms with Crippen LogP contribution in [0.5, 0.6) is 17.5 Å². The predicted octanol–water partition coefficient (Wildman–Crippen LogP) is 4.54. The van der Waals surface area contributed by atoms with Crippen LogP contribution in [-0.2, 0) is 18.8 Å². The van der Waals surface area contributed by atoms with Gasteiger partial charge in [0.1, 0.15) is 18.2 Å². The number of ether oxygens (including phenoxy) is 2. The third-order valence-corrected chi connectivity index (χ3v) is 7.53. The van der Waals surface area contributed by atoms with Crippen molar-refractivity contribution >= 4 is 28.1 Å². The molecule has 202 valence electrons. The number of likely N-dealkylation sites (tertiary alicyclic amines) is 1. The van der Waals surface area contributed by atoms with Crippen molar-refractivity contribution in [2.75, 3.05) is 19.8 Å². The van der Waals surface area contributed by atoms with E-state index in [1.54, 1.807) is 25.1 Å². The summed E-state index contributed by atoms with van der Waals surface area (Å²) in [6.07, 6.45) is 2.14. The number of carboxylic acid groups (broad SMARTS) is 1. The van der Waals surface area contributed by atoms with Gasteiger partial charge in [-0.15, -0.1) is 0 Å². The van der Waals surface area contributed by atoms with E-state index in [9.17, 15) is 18.3 Å². The van der Waals surface area contributed by atoms with Crippen LogP contribution in [0.3, 0.4) is 0 Å². The molecule has 4 rings (SSSR count). The van der Waals surface area contributed by atoms with Crippen LogP contribution in [0.2, 0.25) is 5.02 Å². The first kappa shape index (κ1) is 27.4. The van der Waals surface area contributed by atoms with Crippen molar-refractivity contribution in [3.63, 3.8) is 0 Å². The monoisotopic (exact) mass is 555 g/mol. The largest absolute Gasteiger partial charge is 0.474 e. The molecule has 0 spiro atoms. The van der Waals surface area contributed by atoms with E-state index in [2.05, 4.69) is 23.8 Å². The number of aromatic nitrogens is 2. The van der Waals surface area contributed by atoms with Crippen LogP contribution in [0.4, 0.5) is 4.79 Å². The average Bonchev–Trinajstić information content (AvgIpc) is 2.82. The summed E-state index contributed by atoms with van der Waals surface area (Å²) in [6, 6.07) is 4.98. The van der Waals surface area contributed by atoms with Gasteiger partial charge >= 0.3 is 16.5 Å². The normalized spacial score (nSPS) is 22.1. The summed E-state index contributed by atoms with van der Waals surface area (Å²) >= 11 is 6.45. The predicted molar refractivity (Wildman–Crippen MR) is 133 cm³/mol. The smallest absolute Gasteiger partial charge is 0.407 e. The quantitative estimate of drug-likeness (QED) is 0.518. The van der Waals surface area contributed by atoms with Crippen LogP contribution >= 0.6 is 11.6 Å². The zero-order valence-corrected chi connectivity index (χ0v) is 22.4. The number of amides is 1. The summed E-state index contributed by atoms with van der Waals surface area (Å²) in [7, 11) is -3.93. The van der Waals surface area contributed by atoms with E-state index in [0.29, 0.717) is 47.5 Å². The van der Waals surface area contributed by atoms with E-state index < -0.39 is 16.5 Å². The Hall–Kier alpha value is -2.67. The average molecular weight is 556 g/mol. The first-order valence-corrected chi connectivity index (χ1v) is 13.7. The van der Waals surface area contributed by atoms with Crippen molar-refractivity contribution < 1.29 is 36.2 Å². The molecule has 2 aromatic rings. The Kier molecular flexibility index (Phi) is 8.42. The van der Waals surface area contributed by atoms with Crippen molar-refractivity contribution in [3.05, 3.63) is 40.7 Å². The number of hydrogen-bond acceptors (Lipinski definition) is 9. The Morgan fingerprint density at radius 1 is 1.24 bits per heavy atom. The van der Waals surface area contributed by atoms with Crippen LogP contribution < -0.4 is 9.47 Å². The molecule has 0 bridgehead atoms. The van der Waals surface area contributed by atoms with E-state index in [1.165, 1.54) is 11.2 Å². The number of piperidine rings is 1. The fraction of sp³-hybridized carbons (Fsp3) is 0.542. The Morgan fingerprint density at radius 3 is 2.59 bits per heavy atom. The lowest BCUT2D eigenvalue weighted by molar-refractivity contribution is 0.0450. The van der Waals surface area contributed by atoms with Gasteiger partial charge in [-0.25, -0.2) is 23.1 Å². The van der Waals surface area contributed by atoms with E-state index in [4.69, 9.17) is 29.4 Å². The Labute approximate surface area is 221 Å². The number of carbonyl (C=O) groups is 1. The van der Waals surface area contributed by atoms with E-state index in [1.807, 2.05) is 0 Å². The van der Waals surface area contributed by atoms with Crippen LogP contribution in [0.1, 0.15) is 50.2 Å². The van der Waals surface area contributed by atoms with Crippen molar-refractivity contribution in [2.24, 2.45) is 5.92 Å². The van der Waals surface area contributed by atoms with Crippen molar-refractivity contribution in [2.45, 2.75) is 58.1 Å². The van der Waals surface area contributed by atoms with Gasteiger partial charge in [-0.1, -0.05) is 31.5 Å². The number of hydrogen-bond donors (Lipinski definition) is 1. The van der Waals surface area contributed by atoms with Gasteiger partial charge in [0.2, 0.25) is 11.8 Å². The summed E-state index contributed by atoms with van der Waals surface area (Å²) < 4.78 is 44.2. The molecule has 11 nitrogen and oxygen atoms in total. The second kappa shape index (κ2) is 11.4. The van der Waals surface area contributed by atoms with Crippen LogP contribution in [0.25, 0.3) is 0 Å². The third kappa shape index (κ3) is 6.81. The van der Waals surface area contributed by atoms with Crippen LogP contribution in [0.15, 0.2) is 24.5 Å². The van der Waals surface area contributed by atoms with E-state index in [-0.39, 0.29) is 37.2 Å². The third-order valence-electron chi connectivity index (χ3n) is 6.39. The molecule has 1 aromatic heterocycles. The standard InChI is InChI=1S/C24H30ClN3O8S/c1-14(2)8-18-10-19(6-7-28(18)24(29)30)35-22-15(3)23(27-13-26-22)36-21-5-4-16(9-20(21)25)17-11-33-37(31,32)34-12-17/h4-5,9,13-14,17-19H,6-8,10-12H2,1-3H3,(H,29,30). The van der Waals surface area contributed by atoms with Crippen LogP contribution in [0, 0.1) is 12.8 Å². The molecule has 3 heterocycles. The molecule has 2 aliphatic heterocycles. The molecular weight excluding hydrogens is 526 g/mol. The Bertz CT molecular complexity index is 1230. The minimum Gasteiger partial charge on any atom is -0.474 e.